The molecule has 1 saturated heterocycles. The average Bonchev–Trinajstić information content (AvgIpc) is 2.53. The molecular formula is C16H24N4O4. The van der Waals surface area contributed by atoms with Gasteiger partial charge in [0, 0.05) is 18.7 Å². The minimum atomic E-state index is -1.29. The molecule has 0 unspecified atom stereocenters. The second-order valence-corrected chi connectivity index (χ2v) is 5.47. The van der Waals surface area contributed by atoms with Gasteiger partial charge in [0.15, 0.2) is 5.92 Å². The fourth-order valence-electron chi connectivity index (χ4n) is 2.22. The smallest absolute Gasteiger partial charge is 0.302 e. The molecule has 0 aromatic heterocycles. The number of hydrogen-bond donors (Lipinski definition) is 3. The van der Waals surface area contributed by atoms with E-state index in [1.807, 2.05) is 0 Å². The molecule has 1 atom stereocenters. The summed E-state index contributed by atoms with van der Waals surface area (Å²) in [6, 6.07) is -0.797. The van der Waals surface area contributed by atoms with E-state index in [2.05, 4.69) is 36.2 Å². The number of carbonyl (C=O) groups excluding carboxylic acids is 4. The van der Waals surface area contributed by atoms with E-state index in [1.165, 1.54) is 6.08 Å². The summed E-state index contributed by atoms with van der Waals surface area (Å²) in [6.45, 7) is 9.13. The van der Waals surface area contributed by atoms with E-state index in [1.54, 1.807) is 0 Å². The Kier molecular flexibility index (Phi) is 7.67. The van der Waals surface area contributed by atoms with Crippen molar-refractivity contribution in [3.63, 3.8) is 0 Å². The summed E-state index contributed by atoms with van der Waals surface area (Å²) >= 11 is 0. The van der Waals surface area contributed by atoms with E-state index in [-0.39, 0.29) is 18.1 Å². The Bertz CT molecular complexity index is 544. The van der Waals surface area contributed by atoms with E-state index in [9.17, 15) is 19.2 Å². The van der Waals surface area contributed by atoms with Crippen LogP contribution in [0.2, 0.25) is 0 Å². The van der Waals surface area contributed by atoms with E-state index < -0.39 is 23.8 Å². The largest absolute Gasteiger partial charge is 0.331 e. The highest BCUT2D eigenvalue weighted by molar-refractivity contribution is 6.17. The molecular weight excluding hydrogens is 312 g/mol. The van der Waals surface area contributed by atoms with Crippen LogP contribution >= 0.6 is 0 Å². The van der Waals surface area contributed by atoms with Crippen molar-refractivity contribution in [3.05, 3.63) is 24.9 Å². The Morgan fingerprint density at radius 2 is 1.96 bits per heavy atom. The molecule has 0 aromatic rings. The maximum absolute atomic E-state index is 12.2. The van der Waals surface area contributed by atoms with Crippen molar-refractivity contribution in [3.8, 4) is 0 Å². The van der Waals surface area contributed by atoms with Crippen LogP contribution < -0.4 is 16.2 Å². The molecule has 0 spiro atoms. The zero-order valence-electron chi connectivity index (χ0n) is 13.9. The lowest BCUT2D eigenvalue weighted by Crippen LogP contribution is -2.59. The van der Waals surface area contributed by atoms with Crippen molar-refractivity contribution >= 4 is 23.8 Å². The third-order valence-electron chi connectivity index (χ3n) is 3.53. The van der Waals surface area contributed by atoms with E-state index in [0.717, 1.165) is 30.6 Å². The van der Waals surface area contributed by atoms with Crippen molar-refractivity contribution in [2.45, 2.75) is 39.0 Å². The van der Waals surface area contributed by atoms with Gasteiger partial charge in [-0.05, 0) is 6.42 Å². The fraction of sp³-hybridized carbons (Fsp3) is 0.500. The second kappa shape index (κ2) is 9.49. The van der Waals surface area contributed by atoms with Crippen LogP contribution in [0.5, 0.6) is 0 Å². The predicted octanol–water partition coefficient (Wildman–Crippen LogP) is 0.972. The maximum Gasteiger partial charge on any atom is 0.331 e. The first-order valence-electron chi connectivity index (χ1n) is 7.93. The van der Waals surface area contributed by atoms with Gasteiger partial charge in [-0.1, -0.05) is 38.8 Å². The summed E-state index contributed by atoms with van der Waals surface area (Å²) in [6.07, 6.45) is 5.59. The first kappa shape index (κ1) is 19.4. The normalized spacial score (nSPS) is 17.3. The molecule has 1 fully saturated rings. The second-order valence-electron chi connectivity index (χ2n) is 5.47. The Hall–Kier alpha value is -2.64. The molecule has 8 nitrogen and oxygen atoms in total. The van der Waals surface area contributed by atoms with Crippen LogP contribution in [0.4, 0.5) is 4.79 Å². The summed E-state index contributed by atoms with van der Waals surface area (Å²) in [5.41, 5.74) is 4.90. The highest BCUT2D eigenvalue weighted by atomic mass is 16.2. The zero-order valence-corrected chi connectivity index (χ0v) is 13.9. The van der Waals surface area contributed by atoms with Gasteiger partial charge in [0.2, 0.25) is 17.7 Å². The van der Waals surface area contributed by atoms with Crippen molar-refractivity contribution in [1.82, 2.24) is 21.1 Å². The van der Waals surface area contributed by atoms with Gasteiger partial charge in [0.25, 0.3) is 0 Å². The molecule has 1 rings (SSSR count). The average molecular weight is 336 g/mol. The molecule has 3 N–H and O–H groups in total. The number of nitrogens with zero attached hydrogens (tertiary/aromatic N) is 1. The van der Waals surface area contributed by atoms with Gasteiger partial charge in [-0.3, -0.25) is 30.0 Å². The molecule has 0 aliphatic carbocycles. The van der Waals surface area contributed by atoms with E-state index >= 15 is 0 Å². The number of urea groups is 1. The number of amides is 5. The Balaban J connectivity index is 2.54. The number of hydrazine groups is 1. The van der Waals surface area contributed by atoms with Crippen LogP contribution in [0.25, 0.3) is 0 Å². The summed E-state index contributed by atoms with van der Waals surface area (Å²) < 4.78 is 0. The Morgan fingerprint density at radius 1 is 1.25 bits per heavy atom. The fourth-order valence-corrected chi connectivity index (χ4v) is 2.22. The molecule has 132 valence electrons. The van der Waals surface area contributed by atoms with Gasteiger partial charge in [0.05, 0.1) is 0 Å². The van der Waals surface area contributed by atoms with Crippen molar-refractivity contribution in [1.29, 1.82) is 0 Å². The van der Waals surface area contributed by atoms with Gasteiger partial charge < -0.3 is 5.43 Å². The first-order valence-corrected chi connectivity index (χ1v) is 7.93. The Labute approximate surface area is 141 Å². The maximum atomic E-state index is 12.2. The molecule has 24 heavy (non-hydrogen) atoms. The van der Waals surface area contributed by atoms with Crippen LogP contribution in [-0.4, -0.2) is 35.2 Å². The van der Waals surface area contributed by atoms with Crippen LogP contribution in [-0.2, 0) is 14.4 Å². The topological polar surface area (TPSA) is 108 Å². The monoisotopic (exact) mass is 336 g/mol. The molecule has 0 radical (unpaired) electrons. The summed E-state index contributed by atoms with van der Waals surface area (Å²) in [5, 5.41) is 2.08. The lowest BCUT2D eigenvalue weighted by Gasteiger charge is -2.30. The minimum absolute atomic E-state index is 0.000899. The molecule has 0 bridgehead atoms. The van der Waals surface area contributed by atoms with Gasteiger partial charge in [-0.25, -0.2) is 4.79 Å². The Morgan fingerprint density at radius 3 is 2.58 bits per heavy atom. The number of carbonyl (C=O) groups is 4. The third-order valence-corrected chi connectivity index (χ3v) is 3.53. The first-order chi connectivity index (χ1) is 11.4. The van der Waals surface area contributed by atoms with E-state index in [4.69, 9.17) is 0 Å². The van der Waals surface area contributed by atoms with E-state index in [0.29, 0.717) is 6.42 Å². The van der Waals surface area contributed by atoms with Crippen LogP contribution in [0.1, 0.15) is 39.0 Å². The van der Waals surface area contributed by atoms with Crippen molar-refractivity contribution in [2.24, 2.45) is 5.92 Å². The standard InChI is InChI=1S/C16H24N4O4/c1-4-6-7-8-9-12(21)19-18-11(3)13-14(22)17-16(24)20(10-5-2)15(13)23/h5,13,18H,2-4,6-10H2,1H3,(H,19,21)(H,17,22,24)/t13-/m1/s1. The predicted molar refractivity (Wildman–Crippen MR) is 88.1 cm³/mol. The van der Waals surface area contributed by atoms with Crippen LogP contribution in [0.15, 0.2) is 24.9 Å². The lowest BCUT2D eigenvalue weighted by atomic mass is 10.0. The molecule has 0 aromatic carbocycles. The third kappa shape index (κ3) is 5.22. The summed E-state index contributed by atoms with van der Waals surface area (Å²) in [4.78, 5) is 48.3. The minimum Gasteiger partial charge on any atom is -0.302 e. The quantitative estimate of drug-likeness (QED) is 0.238. The van der Waals surface area contributed by atoms with Crippen LogP contribution in [0, 0.1) is 5.92 Å². The van der Waals surface area contributed by atoms with Crippen LogP contribution in [0.3, 0.4) is 0 Å². The molecule has 8 heteroatoms. The number of nitrogens with one attached hydrogen (secondary N) is 3. The summed E-state index contributed by atoms with van der Waals surface area (Å²) in [7, 11) is 0. The number of unbranched alkanes of at least 4 members (excludes halogenated alkanes) is 3. The number of rotatable bonds is 10. The molecule has 1 heterocycles. The molecule has 1 aliphatic heterocycles. The zero-order chi connectivity index (χ0) is 18.1. The lowest BCUT2D eigenvalue weighted by molar-refractivity contribution is -0.141. The van der Waals surface area contributed by atoms with Gasteiger partial charge in [-0.15, -0.1) is 6.58 Å². The SMILES string of the molecule is C=CCN1C(=O)NC(=O)[C@@H](C(=C)NNC(=O)CCCCCC)C1=O. The number of imide groups is 2. The van der Waals surface area contributed by atoms with Gasteiger partial charge in [-0.2, -0.15) is 0 Å². The summed E-state index contributed by atoms with van der Waals surface area (Å²) in [5.74, 6) is -3.03. The van der Waals surface area contributed by atoms with Gasteiger partial charge in [0.1, 0.15) is 0 Å². The van der Waals surface area contributed by atoms with Crippen molar-refractivity contribution < 1.29 is 19.2 Å². The highest BCUT2D eigenvalue weighted by Crippen LogP contribution is 2.15. The molecule has 5 amide bonds. The van der Waals surface area contributed by atoms with Crippen molar-refractivity contribution in [2.75, 3.05) is 6.54 Å². The molecule has 0 saturated carbocycles. The number of hydrogen-bond acceptors (Lipinski definition) is 5. The van der Waals surface area contributed by atoms with Gasteiger partial charge >= 0.3 is 6.03 Å². The highest BCUT2D eigenvalue weighted by Gasteiger charge is 2.41. The molecule has 1 aliphatic rings. The number of barbiturate groups is 1.